The van der Waals surface area contributed by atoms with E-state index in [2.05, 4.69) is 26.1 Å². The second-order valence-electron chi connectivity index (χ2n) is 5.04. The van der Waals surface area contributed by atoms with Crippen molar-refractivity contribution in [2.24, 2.45) is 0 Å². The molecule has 0 spiro atoms. The molecule has 1 aromatic carbocycles. The normalized spacial score (nSPS) is 10.8. The Labute approximate surface area is 109 Å². The van der Waals surface area contributed by atoms with Gasteiger partial charge in [-0.15, -0.1) is 0 Å². The Kier molecular flexibility index (Phi) is 4.99. The van der Waals surface area contributed by atoms with E-state index in [0.29, 0.717) is 11.5 Å². The Hall–Kier alpha value is -1.73. The van der Waals surface area contributed by atoms with Gasteiger partial charge < -0.3 is 14.8 Å². The zero-order chi connectivity index (χ0) is 13.6. The van der Waals surface area contributed by atoms with Crippen LogP contribution in [0.5, 0.6) is 11.5 Å². The van der Waals surface area contributed by atoms with E-state index in [0.717, 1.165) is 12.1 Å². The summed E-state index contributed by atoms with van der Waals surface area (Å²) in [6.07, 6.45) is 0. The molecule has 0 bridgehead atoms. The molecule has 1 aromatic rings. The number of nitrogens with zero attached hydrogens (tertiary/aromatic N) is 1. The molecular formula is C14H20N2O2. The van der Waals surface area contributed by atoms with Crippen molar-refractivity contribution in [3.05, 3.63) is 23.8 Å². The molecule has 0 aromatic heterocycles. The summed E-state index contributed by atoms with van der Waals surface area (Å²) in [4.78, 5) is 0. The summed E-state index contributed by atoms with van der Waals surface area (Å²) in [6.45, 7) is 7.15. The van der Waals surface area contributed by atoms with E-state index >= 15 is 0 Å². The number of hydrogen-bond acceptors (Lipinski definition) is 4. The van der Waals surface area contributed by atoms with Gasteiger partial charge in [0.2, 0.25) is 0 Å². The van der Waals surface area contributed by atoms with Gasteiger partial charge in [0.1, 0.15) is 6.07 Å². The molecule has 0 saturated heterocycles. The summed E-state index contributed by atoms with van der Waals surface area (Å²) in [5.74, 6) is 1.25. The molecule has 4 nitrogen and oxygen atoms in total. The fourth-order valence-electron chi connectivity index (χ4n) is 1.42. The molecule has 0 aliphatic carbocycles. The number of benzene rings is 1. The van der Waals surface area contributed by atoms with Gasteiger partial charge in [0, 0.05) is 12.1 Å². The number of ether oxygens (including phenoxy) is 2. The van der Waals surface area contributed by atoms with Gasteiger partial charge in [-0.1, -0.05) is 6.07 Å². The topological polar surface area (TPSA) is 54.3 Å². The number of rotatable bonds is 5. The molecular weight excluding hydrogens is 228 g/mol. The average Bonchev–Trinajstić information content (AvgIpc) is 2.33. The van der Waals surface area contributed by atoms with Gasteiger partial charge in [-0.2, -0.15) is 5.26 Å². The lowest BCUT2D eigenvalue weighted by Crippen LogP contribution is -2.35. The van der Waals surface area contributed by atoms with Gasteiger partial charge in [0.25, 0.3) is 0 Å². The van der Waals surface area contributed by atoms with Crippen molar-refractivity contribution >= 4 is 0 Å². The molecule has 0 aliphatic rings. The number of nitriles is 1. The summed E-state index contributed by atoms with van der Waals surface area (Å²) < 4.78 is 10.5. The minimum absolute atomic E-state index is 0.0238. The highest BCUT2D eigenvalue weighted by molar-refractivity contribution is 5.43. The summed E-state index contributed by atoms with van der Waals surface area (Å²) in [5.41, 5.74) is 1.19. The summed E-state index contributed by atoms with van der Waals surface area (Å²) in [5, 5.41) is 11.9. The zero-order valence-corrected chi connectivity index (χ0v) is 11.4. The van der Waals surface area contributed by atoms with Crippen LogP contribution in [-0.2, 0) is 6.54 Å². The summed E-state index contributed by atoms with van der Waals surface area (Å²) in [7, 11) is 1.59. The third kappa shape index (κ3) is 4.64. The molecule has 0 aliphatic heterocycles. The Bertz CT molecular complexity index is 430. The van der Waals surface area contributed by atoms with Crippen molar-refractivity contribution in [3.8, 4) is 17.6 Å². The molecule has 0 heterocycles. The van der Waals surface area contributed by atoms with Crippen molar-refractivity contribution in [3.63, 3.8) is 0 Å². The van der Waals surface area contributed by atoms with Gasteiger partial charge in [0.05, 0.1) is 7.11 Å². The lowest BCUT2D eigenvalue weighted by Gasteiger charge is -2.21. The van der Waals surface area contributed by atoms with E-state index in [-0.39, 0.29) is 12.1 Å². The van der Waals surface area contributed by atoms with Crippen molar-refractivity contribution in [2.45, 2.75) is 32.9 Å². The summed E-state index contributed by atoms with van der Waals surface area (Å²) in [6, 6.07) is 7.65. The van der Waals surface area contributed by atoms with Gasteiger partial charge in [-0.3, -0.25) is 0 Å². The second-order valence-corrected chi connectivity index (χ2v) is 5.04. The van der Waals surface area contributed by atoms with E-state index in [1.165, 1.54) is 0 Å². The third-order valence-electron chi connectivity index (χ3n) is 2.34. The second kappa shape index (κ2) is 6.27. The molecule has 4 heteroatoms. The first-order valence-electron chi connectivity index (χ1n) is 5.88. The highest BCUT2D eigenvalue weighted by atomic mass is 16.5. The predicted molar refractivity (Wildman–Crippen MR) is 70.7 cm³/mol. The maximum Gasteiger partial charge on any atom is 0.174 e. The fraction of sp³-hybridized carbons (Fsp3) is 0.500. The molecule has 0 unspecified atom stereocenters. The number of hydrogen-bond donors (Lipinski definition) is 1. The van der Waals surface area contributed by atoms with E-state index < -0.39 is 0 Å². The van der Waals surface area contributed by atoms with Crippen LogP contribution in [0.25, 0.3) is 0 Å². The largest absolute Gasteiger partial charge is 0.493 e. The van der Waals surface area contributed by atoms with Crippen LogP contribution in [0.2, 0.25) is 0 Å². The molecule has 1 rings (SSSR count). The quantitative estimate of drug-likeness (QED) is 0.869. The molecule has 0 radical (unpaired) electrons. The van der Waals surface area contributed by atoms with Crippen LogP contribution in [0.4, 0.5) is 0 Å². The molecule has 0 atom stereocenters. The van der Waals surface area contributed by atoms with Gasteiger partial charge in [-0.05, 0) is 38.5 Å². The molecule has 0 saturated carbocycles. The van der Waals surface area contributed by atoms with Gasteiger partial charge in [0.15, 0.2) is 18.1 Å². The van der Waals surface area contributed by atoms with Crippen LogP contribution in [0.15, 0.2) is 18.2 Å². The van der Waals surface area contributed by atoms with Crippen LogP contribution in [0.1, 0.15) is 26.3 Å². The lowest BCUT2D eigenvalue weighted by molar-refractivity contribution is 0.329. The first kappa shape index (κ1) is 14.3. The molecule has 0 amide bonds. The highest BCUT2D eigenvalue weighted by Crippen LogP contribution is 2.28. The first-order chi connectivity index (χ1) is 8.46. The zero-order valence-electron chi connectivity index (χ0n) is 11.4. The lowest BCUT2D eigenvalue weighted by atomic mass is 10.1. The van der Waals surface area contributed by atoms with Crippen molar-refractivity contribution in [2.75, 3.05) is 13.7 Å². The Balaban J connectivity index is 2.76. The maximum atomic E-state index is 8.49. The van der Waals surface area contributed by atoms with E-state index in [9.17, 15) is 0 Å². The standard InChI is InChI=1S/C14H20N2O2/c1-14(2,3)16-10-11-5-6-12(18-8-7-15)13(9-11)17-4/h5-6,9,16H,8,10H2,1-4H3. The predicted octanol–water partition coefficient (Wildman–Crippen LogP) is 2.49. The van der Waals surface area contributed by atoms with Gasteiger partial charge >= 0.3 is 0 Å². The average molecular weight is 248 g/mol. The minimum atomic E-state index is 0.0238. The van der Waals surface area contributed by atoms with E-state index in [4.69, 9.17) is 14.7 Å². The molecule has 98 valence electrons. The van der Waals surface area contributed by atoms with Crippen LogP contribution in [0.3, 0.4) is 0 Å². The Morgan fingerprint density at radius 2 is 2.00 bits per heavy atom. The molecule has 0 fully saturated rings. The third-order valence-corrected chi connectivity index (χ3v) is 2.34. The van der Waals surface area contributed by atoms with Crippen molar-refractivity contribution in [1.29, 1.82) is 5.26 Å². The maximum absolute atomic E-state index is 8.49. The van der Waals surface area contributed by atoms with Crippen LogP contribution >= 0.6 is 0 Å². The first-order valence-corrected chi connectivity index (χ1v) is 5.88. The minimum Gasteiger partial charge on any atom is -0.493 e. The summed E-state index contributed by atoms with van der Waals surface area (Å²) >= 11 is 0. The SMILES string of the molecule is COc1cc(CNC(C)(C)C)ccc1OCC#N. The van der Waals surface area contributed by atoms with Crippen molar-refractivity contribution in [1.82, 2.24) is 5.32 Å². The highest BCUT2D eigenvalue weighted by Gasteiger charge is 2.10. The van der Waals surface area contributed by atoms with E-state index in [1.807, 2.05) is 24.3 Å². The van der Waals surface area contributed by atoms with Crippen molar-refractivity contribution < 1.29 is 9.47 Å². The molecule has 1 N–H and O–H groups in total. The fourth-order valence-corrected chi connectivity index (χ4v) is 1.42. The monoisotopic (exact) mass is 248 g/mol. The van der Waals surface area contributed by atoms with Crippen LogP contribution in [-0.4, -0.2) is 19.3 Å². The van der Waals surface area contributed by atoms with Crippen LogP contribution in [0, 0.1) is 11.3 Å². The number of nitrogens with one attached hydrogen (secondary N) is 1. The Morgan fingerprint density at radius 3 is 2.56 bits per heavy atom. The smallest absolute Gasteiger partial charge is 0.174 e. The molecule has 18 heavy (non-hydrogen) atoms. The van der Waals surface area contributed by atoms with Gasteiger partial charge in [-0.25, -0.2) is 0 Å². The number of methoxy groups -OCH3 is 1. The Morgan fingerprint density at radius 1 is 1.28 bits per heavy atom. The van der Waals surface area contributed by atoms with Crippen LogP contribution < -0.4 is 14.8 Å². The van der Waals surface area contributed by atoms with E-state index in [1.54, 1.807) is 7.11 Å².